The van der Waals surface area contributed by atoms with Crippen LogP contribution in [0.3, 0.4) is 0 Å². The van der Waals surface area contributed by atoms with E-state index in [0.29, 0.717) is 5.82 Å². The number of hydrogen-bond donors (Lipinski definition) is 1. The van der Waals surface area contributed by atoms with Crippen LogP contribution in [0.2, 0.25) is 0 Å². The molecule has 19 heavy (non-hydrogen) atoms. The van der Waals surface area contributed by atoms with E-state index >= 15 is 0 Å². The molecule has 2 N–H and O–H groups in total. The molecular weight excluding hydrogens is 342 g/mol. The number of anilines is 1. The van der Waals surface area contributed by atoms with Crippen LogP contribution >= 0.6 is 39.0 Å². The molecule has 0 aliphatic carbocycles. The van der Waals surface area contributed by atoms with Gasteiger partial charge in [0.05, 0.1) is 5.39 Å². The summed E-state index contributed by atoms with van der Waals surface area (Å²) in [7, 11) is 0. The fourth-order valence-corrected chi connectivity index (χ4v) is 3.77. The monoisotopic (exact) mass is 351 g/mol. The zero-order chi connectivity index (χ0) is 13.2. The van der Waals surface area contributed by atoms with Crippen LogP contribution in [0.15, 0.2) is 45.3 Å². The number of thiophene rings is 1. The third-order valence-corrected chi connectivity index (χ3v) is 4.81. The molecule has 0 aliphatic heterocycles. The first kappa shape index (κ1) is 12.9. The minimum Gasteiger partial charge on any atom is -0.383 e. The van der Waals surface area contributed by atoms with Crippen molar-refractivity contribution < 1.29 is 0 Å². The number of nitrogens with zero attached hydrogens (tertiary/aromatic N) is 2. The van der Waals surface area contributed by atoms with E-state index in [1.54, 1.807) is 23.1 Å². The minimum atomic E-state index is 0.558. The van der Waals surface area contributed by atoms with Crippen molar-refractivity contribution in [2.75, 3.05) is 5.73 Å². The zero-order valence-electron chi connectivity index (χ0n) is 9.84. The predicted octanol–water partition coefficient (Wildman–Crippen LogP) is 4.33. The zero-order valence-corrected chi connectivity index (χ0v) is 13.1. The van der Waals surface area contributed by atoms with Gasteiger partial charge in [-0.2, -0.15) is 0 Å². The summed E-state index contributed by atoms with van der Waals surface area (Å²) in [5.74, 6) is 1.39. The van der Waals surface area contributed by atoms with Gasteiger partial charge in [-0.25, -0.2) is 9.97 Å². The third-order valence-electron chi connectivity index (χ3n) is 2.59. The molecule has 3 nitrogen and oxygen atoms in total. The van der Waals surface area contributed by atoms with Gasteiger partial charge in [0.15, 0.2) is 5.16 Å². The Hall–Kier alpha value is -1.11. The van der Waals surface area contributed by atoms with Crippen molar-refractivity contribution in [2.24, 2.45) is 0 Å². The van der Waals surface area contributed by atoms with Gasteiger partial charge in [-0.1, -0.05) is 39.8 Å². The van der Waals surface area contributed by atoms with Crippen LogP contribution < -0.4 is 5.73 Å². The lowest BCUT2D eigenvalue weighted by Crippen LogP contribution is -1.95. The Morgan fingerprint density at radius 2 is 2.16 bits per heavy atom. The topological polar surface area (TPSA) is 51.8 Å². The van der Waals surface area contributed by atoms with Crippen LogP contribution in [0.4, 0.5) is 5.82 Å². The SMILES string of the molecule is Nc1nc(SCc2cccc(Br)c2)nc2sccc12. The lowest BCUT2D eigenvalue weighted by Gasteiger charge is -2.03. The number of aromatic nitrogens is 2. The van der Waals surface area contributed by atoms with Gasteiger partial charge in [-0.15, -0.1) is 11.3 Å². The maximum absolute atomic E-state index is 5.93. The van der Waals surface area contributed by atoms with Gasteiger partial charge in [0.2, 0.25) is 0 Å². The van der Waals surface area contributed by atoms with Crippen molar-refractivity contribution in [3.8, 4) is 0 Å². The molecule has 2 aromatic heterocycles. The van der Waals surface area contributed by atoms with Crippen molar-refractivity contribution in [1.29, 1.82) is 0 Å². The Morgan fingerprint density at radius 1 is 1.26 bits per heavy atom. The first-order valence-corrected chi connectivity index (χ1v) is 8.26. The van der Waals surface area contributed by atoms with Crippen molar-refractivity contribution in [2.45, 2.75) is 10.9 Å². The second-order valence-electron chi connectivity index (χ2n) is 3.95. The molecule has 0 atom stereocenters. The first-order chi connectivity index (χ1) is 9.22. The number of nitrogens with two attached hydrogens (primary N) is 1. The summed E-state index contributed by atoms with van der Waals surface area (Å²) in [6.45, 7) is 0. The van der Waals surface area contributed by atoms with Crippen LogP contribution in [0.1, 0.15) is 5.56 Å². The van der Waals surface area contributed by atoms with Gasteiger partial charge in [0, 0.05) is 10.2 Å². The second kappa shape index (κ2) is 5.48. The number of rotatable bonds is 3. The molecule has 1 aromatic carbocycles. The smallest absolute Gasteiger partial charge is 0.191 e. The molecular formula is C13H10BrN3S2. The van der Waals surface area contributed by atoms with E-state index in [1.807, 2.05) is 23.6 Å². The van der Waals surface area contributed by atoms with Gasteiger partial charge < -0.3 is 5.73 Å². The summed E-state index contributed by atoms with van der Waals surface area (Å²) in [6, 6.07) is 10.2. The highest BCUT2D eigenvalue weighted by atomic mass is 79.9. The molecule has 0 radical (unpaired) electrons. The number of fused-ring (bicyclic) bond motifs is 1. The summed E-state index contributed by atoms with van der Waals surface area (Å²) in [5, 5.41) is 3.66. The number of halogens is 1. The lowest BCUT2D eigenvalue weighted by atomic mass is 10.2. The van der Waals surface area contributed by atoms with E-state index in [4.69, 9.17) is 5.73 Å². The average molecular weight is 352 g/mol. The Kier molecular flexibility index (Phi) is 3.72. The molecule has 6 heteroatoms. The van der Waals surface area contributed by atoms with E-state index in [2.05, 4.69) is 38.0 Å². The number of thioether (sulfide) groups is 1. The fourth-order valence-electron chi connectivity index (χ4n) is 1.70. The molecule has 96 valence electrons. The van der Waals surface area contributed by atoms with Crippen molar-refractivity contribution in [3.63, 3.8) is 0 Å². The molecule has 0 aliphatic rings. The van der Waals surface area contributed by atoms with E-state index in [9.17, 15) is 0 Å². The van der Waals surface area contributed by atoms with Gasteiger partial charge in [0.1, 0.15) is 10.6 Å². The highest BCUT2D eigenvalue weighted by Crippen LogP contribution is 2.28. The minimum absolute atomic E-state index is 0.558. The van der Waals surface area contributed by atoms with Crippen LogP contribution in [-0.2, 0) is 5.75 Å². The standard InChI is InChI=1S/C13H10BrN3S2/c14-9-3-1-2-8(6-9)7-19-13-16-11(15)10-4-5-18-12(10)17-13/h1-6H,7H2,(H2,15,16,17). The van der Waals surface area contributed by atoms with E-state index in [-0.39, 0.29) is 0 Å². The maximum atomic E-state index is 5.93. The first-order valence-electron chi connectivity index (χ1n) is 5.60. The number of benzene rings is 1. The van der Waals surface area contributed by atoms with Gasteiger partial charge >= 0.3 is 0 Å². The Bertz CT molecular complexity index is 727. The van der Waals surface area contributed by atoms with Crippen molar-refractivity contribution >= 4 is 55.1 Å². The fraction of sp³-hybridized carbons (Fsp3) is 0.0769. The molecule has 3 aromatic rings. The Balaban J connectivity index is 1.81. The molecule has 0 bridgehead atoms. The lowest BCUT2D eigenvalue weighted by molar-refractivity contribution is 1.02. The van der Waals surface area contributed by atoms with Gasteiger partial charge in [-0.05, 0) is 29.1 Å². The number of nitrogen functional groups attached to an aromatic ring is 1. The molecule has 3 rings (SSSR count). The Labute approximate surface area is 127 Å². The van der Waals surface area contributed by atoms with Crippen LogP contribution in [0.5, 0.6) is 0 Å². The molecule has 0 saturated carbocycles. The second-order valence-corrected chi connectivity index (χ2v) is 6.70. The maximum Gasteiger partial charge on any atom is 0.191 e. The van der Waals surface area contributed by atoms with E-state index < -0.39 is 0 Å². The summed E-state index contributed by atoms with van der Waals surface area (Å²) in [4.78, 5) is 9.80. The van der Waals surface area contributed by atoms with Crippen LogP contribution in [0, 0.1) is 0 Å². The Morgan fingerprint density at radius 3 is 3.00 bits per heavy atom. The van der Waals surface area contributed by atoms with Crippen molar-refractivity contribution in [1.82, 2.24) is 9.97 Å². The molecule has 0 amide bonds. The molecule has 0 unspecified atom stereocenters. The highest BCUT2D eigenvalue weighted by molar-refractivity contribution is 9.10. The third kappa shape index (κ3) is 2.91. The quantitative estimate of drug-likeness (QED) is 0.563. The molecule has 2 heterocycles. The largest absolute Gasteiger partial charge is 0.383 e. The predicted molar refractivity (Wildman–Crippen MR) is 85.5 cm³/mol. The van der Waals surface area contributed by atoms with Crippen molar-refractivity contribution in [3.05, 3.63) is 45.7 Å². The van der Waals surface area contributed by atoms with Gasteiger partial charge in [-0.3, -0.25) is 0 Å². The summed E-state index contributed by atoms with van der Waals surface area (Å²) in [5.41, 5.74) is 7.16. The highest BCUT2D eigenvalue weighted by Gasteiger charge is 2.07. The van der Waals surface area contributed by atoms with Crippen LogP contribution in [-0.4, -0.2) is 9.97 Å². The summed E-state index contributed by atoms with van der Waals surface area (Å²) < 4.78 is 1.08. The van der Waals surface area contributed by atoms with Crippen LogP contribution in [0.25, 0.3) is 10.2 Å². The van der Waals surface area contributed by atoms with E-state index in [1.165, 1.54) is 5.56 Å². The molecule has 0 fully saturated rings. The normalized spacial score (nSPS) is 11.0. The van der Waals surface area contributed by atoms with Gasteiger partial charge in [0.25, 0.3) is 0 Å². The molecule has 0 spiro atoms. The average Bonchev–Trinajstić information content (AvgIpc) is 2.85. The summed E-state index contributed by atoms with van der Waals surface area (Å²) >= 11 is 6.65. The molecule has 0 saturated heterocycles. The van der Waals surface area contributed by atoms with E-state index in [0.717, 1.165) is 25.6 Å². The summed E-state index contributed by atoms with van der Waals surface area (Å²) in [6.07, 6.45) is 0. The number of hydrogen-bond acceptors (Lipinski definition) is 5.